The van der Waals surface area contributed by atoms with Gasteiger partial charge in [0, 0.05) is 50.5 Å². The van der Waals surface area contributed by atoms with Gasteiger partial charge < -0.3 is 14.4 Å². The van der Waals surface area contributed by atoms with Crippen LogP contribution in [0.4, 0.5) is 34.1 Å². The van der Waals surface area contributed by atoms with E-state index in [9.17, 15) is 0 Å². The number of hydrogen-bond donors (Lipinski definition) is 0. The van der Waals surface area contributed by atoms with Gasteiger partial charge in [-0.2, -0.15) is 0 Å². The predicted molar refractivity (Wildman–Crippen MR) is 292 cm³/mol. The molecular weight excluding hydrogens is 847 g/mol. The van der Waals surface area contributed by atoms with Crippen LogP contribution in [0, 0.1) is 0 Å². The molecule has 0 radical (unpaired) electrons. The number of hydrogen-bond acceptors (Lipinski definition) is 2. The third kappa shape index (κ3) is 5.95. The molecule has 0 saturated carbocycles. The Bertz CT molecular complexity index is 3930. The van der Waals surface area contributed by atoms with Crippen molar-refractivity contribution in [3.8, 4) is 39.1 Å². The fourth-order valence-electron chi connectivity index (χ4n) is 11.9. The minimum Gasteiger partial charge on any atom is -0.310 e. The Kier molecular flexibility index (Phi) is 9.11. The molecule has 1 aromatic heterocycles. The SMILES string of the molecule is c1ccc(-c2ccc(N(c3ccccc3)c3ccc4c(c3)-c3ccccc3C43c4ccccc4-c4c(N(c5ccccc5)c5ccc6c7ccccc7n(-c7ccccc7)c6c5)cccc43)cc2)cc1. The molecule has 1 atom stereocenters. The summed E-state index contributed by atoms with van der Waals surface area (Å²) in [5.41, 5.74) is 22.3. The van der Waals surface area contributed by atoms with Crippen LogP contribution in [0.5, 0.6) is 0 Å². The topological polar surface area (TPSA) is 11.4 Å². The summed E-state index contributed by atoms with van der Waals surface area (Å²) in [5, 5.41) is 2.47. The highest BCUT2D eigenvalue weighted by molar-refractivity contribution is 6.11. The van der Waals surface area contributed by atoms with Gasteiger partial charge in [0.25, 0.3) is 0 Å². The van der Waals surface area contributed by atoms with E-state index in [0.717, 1.165) is 39.8 Å². The summed E-state index contributed by atoms with van der Waals surface area (Å²) in [4.78, 5) is 4.87. The van der Waals surface area contributed by atoms with Gasteiger partial charge in [0.15, 0.2) is 0 Å². The second-order valence-electron chi connectivity index (χ2n) is 18.4. The van der Waals surface area contributed by atoms with Crippen molar-refractivity contribution in [2.24, 2.45) is 0 Å². The molecule has 1 unspecified atom stereocenters. The Hall–Kier alpha value is -9.18. The second-order valence-corrected chi connectivity index (χ2v) is 18.4. The summed E-state index contributed by atoms with van der Waals surface area (Å²) < 4.78 is 2.41. The molecular formula is C67H45N3. The third-order valence-electron chi connectivity index (χ3n) is 14.8. The average Bonchev–Trinajstić information content (AvgIpc) is 4.04. The van der Waals surface area contributed by atoms with Gasteiger partial charge in [-0.05, 0) is 135 Å². The third-order valence-corrected chi connectivity index (χ3v) is 14.8. The Labute approximate surface area is 408 Å². The zero-order chi connectivity index (χ0) is 46.2. The van der Waals surface area contributed by atoms with E-state index in [-0.39, 0.29) is 0 Å². The van der Waals surface area contributed by atoms with Crippen molar-refractivity contribution in [3.05, 3.63) is 295 Å². The lowest BCUT2D eigenvalue weighted by molar-refractivity contribution is 0.793. The van der Waals surface area contributed by atoms with Gasteiger partial charge in [-0.25, -0.2) is 0 Å². The van der Waals surface area contributed by atoms with Crippen LogP contribution in [-0.4, -0.2) is 4.57 Å². The van der Waals surface area contributed by atoms with E-state index >= 15 is 0 Å². The standard InChI is InChI=1S/C67H45N3/c1-5-20-46(21-6-1)47-36-38-51(39-37-47)68(48-22-7-2-8-23-48)52-41-43-61-58(44-52)54-28-13-16-31-59(54)67(61)60-32-17-14-30-57(60)66-62(67)33-19-35-64(66)69(49-24-9-3-10-25-49)53-40-42-56-55-29-15-18-34-63(55)70(65(56)45-53)50-26-11-4-12-27-50/h1-45H. The van der Waals surface area contributed by atoms with E-state index in [2.05, 4.69) is 287 Å². The molecule has 1 heterocycles. The van der Waals surface area contributed by atoms with Gasteiger partial charge in [0.05, 0.1) is 22.1 Å². The van der Waals surface area contributed by atoms with E-state index in [1.807, 2.05) is 0 Å². The van der Waals surface area contributed by atoms with Crippen molar-refractivity contribution in [2.75, 3.05) is 9.80 Å². The van der Waals surface area contributed by atoms with E-state index in [1.165, 1.54) is 77.4 Å². The first kappa shape index (κ1) is 39.9. The fraction of sp³-hybridized carbons (Fsp3) is 0.0149. The van der Waals surface area contributed by atoms with Crippen LogP contribution in [0.3, 0.4) is 0 Å². The molecule has 0 saturated heterocycles. The lowest BCUT2D eigenvalue weighted by Gasteiger charge is -2.32. The predicted octanol–water partition coefficient (Wildman–Crippen LogP) is 17.7. The van der Waals surface area contributed by atoms with E-state index < -0.39 is 5.41 Å². The molecule has 328 valence electrons. The molecule has 0 fully saturated rings. The highest BCUT2D eigenvalue weighted by Crippen LogP contribution is 2.65. The number of rotatable bonds is 8. The Morgan fingerprint density at radius 3 is 1.53 bits per heavy atom. The first-order valence-electron chi connectivity index (χ1n) is 24.2. The van der Waals surface area contributed by atoms with Crippen molar-refractivity contribution >= 4 is 55.9 Å². The highest BCUT2D eigenvalue weighted by Gasteiger charge is 2.52. The molecule has 70 heavy (non-hydrogen) atoms. The minimum absolute atomic E-state index is 0.548. The quantitative estimate of drug-likeness (QED) is 0.151. The van der Waals surface area contributed by atoms with Crippen molar-refractivity contribution in [1.29, 1.82) is 0 Å². The number of para-hydroxylation sites is 4. The summed E-state index contributed by atoms with van der Waals surface area (Å²) in [7, 11) is 0. The van der Waals surface area contributed by atoms with Gasteiger partial charge in [0.2, 0.25) is 0 Å². The van der Waals surface area contributed by atoms with Crippen LogP contribution in [0.1, 0.15) is 22.3 Å². The maximum atomic E-state index is 2.48. The number of nitrogens with zero attached hydrogens (tertiary/aromatic N) is 3. The average molecular weight is 892 g/mol. The van der Waals surface area contributed by atoms with E-state index in [0.29, 0.717) is 0 Å². The van der Waals surface area contributed by atoms with Crippen molar-refractivity contribution in [3.63, 3.8) is 0 Å². The molecule has 0 amide bonds. The summed E-state index contributed by atoms with van der Waals surface area (Å²) in [6.07, 6.45) is 0. The minimum atomic E-state index is -0.548. The van der Waals surface area contributed by atoms with Crippen LogP contribution in [-0.2, 0) is 5.41 Å². The van der Waals surface area contributed by atoms with Gasteiger partial charge in [-0.1, -0.05) is 188 Å². The van der Waals surface area contributed by atoms with Crippen LogP contribution in [0.25, 0.3) is 60.9 Å². The maximum Gasteiger partial charge on any atom is 0.0726 e. The lowest BCUT2D eigenvalue weighted by atomic mass is 9.70. The zero-order valence-electron chi connectivity index (χ0n) is 38.3. The molecule has 3 nitrogen and oxygen atoms in total. The number of fused-ring (bicyclic) bond motifs is 13. The molecule has 3 heteroatoms. The number of anilines is 6. The Balaban J connectivity index is 0.975. The van der Waals surface area contributed by atoms with Gasteiger partial charge in [0.1, 0.15) is 0 Å². The molecule has 12 aromatic rings. The highest BCUT2D eigenvalue weighted by atomic mass is 15.2. The smallest absolute Gasteiger partial charge is 0.0726 e. The molecule has 11 aromatic carbocycles. The van der Waals surface area contributed by atoms with Crippen molar-refractivity contribution in [2.45, 2.75) is 5.41 Å². The fourth-order valence-corrected chi connectivity index (χ4v) is 11.9. The van der Waals surface area contributed by atoms with Crippen LogP contribution >= 0.6 is 0 Å². The number of benzene rings is 11. The monoisotopic (exact) mass is 891 g/mol. The van der Waals surface area contributed by atoms with E-state index in [1.54, 1.807) is 0 Å². The molecule has 0 N–H and O–H groups in total. The first-order valence-corrected chi connectivity index (χ1v) is 24.2. The molecule has 0 bridgehead atoms. The largest absolute Gasteiger partial charge is 0.310 e. The van der Waals surface area contributed by atoms with Crippen molar-refractivity contribution in [1.82, 2.24) is 4.57 Å². The van der Waals surface area contributed by atoms with Crippen LogP contribution in [0.15, 0.2) is 273 Å². The lowest BCUT2D eigenvalue weighted by Crippen LogP contribution is -2.26. The Morgan fingerprint density at radius 1 is 0.286 bits per heavy atom. The summed E-state index contributed by atoms with van der Waals surface area (Å²) in [5.74, 6) is 0. The summed E-state index contributed by atoms with van der Waals surface area (Å²) in [6, 6.07) is 100. The van der Waals surface area contributed by atoms with Crippen molar-refractivity contribution < 1.29 is 0 Å². The van der Waals surface area contributed by atoms with Crippen LogP contribution < -0.4 is 9.80 Å². The number of aromatic nitrogens is 1. The normalized spacial score (nSPS) is 14.1. The summed E-state index contributed by atoms with van der Waals surface area (Å²) >= 11 is 0. The van der Waals surface area contributed by atoms with Gasteiger partial charge in [-0.3, -0.25) is 0 Å². The molecule has 2 aliphatic rings. The Morgan fingerprint density at radius 2 is 0.786 bits per heavy atom. The zero-order valence-corrected chi connectivity index (χ0v) is 38.3. The van der Waals surface area contributed by atoms with Gasteiger partial charge >= 0.3 is 0 Å². The molecule has 2 aliphatic carbocycles. The second kappa shape index (κ2) is 16.0. The maximum absolute atomic E-state index is 2.48. The molecule has 0 aliphatic heterocycles. The summed E-state index contributed by atoms with van der Waals surface area (Å²) in [6.45, 7) is 0. The first-order chi connectivity index (χ1) is 34.8. The molecule has 14 rings (SSSR count). The van der Waals surface area contributed by atoms with Crippen LogP contribution in [0.2, 0.25) is 0 Å². The molecule has 1 spiro atoms. The van der Waals surface area contributed by atoms with Gasteiger partial charge in [-0.15, -0.1) is 0 Å². The van der Waals surface area contributed by atoms with E-state index in [4.69, 9.17) is 0 Å².